The fraction of sp³-hybridized carbons (Fsp3) is 0.342. The topological polar surface area (TPSA) is 131 Å². The molecule has 5 aliphatic rings. The highest BCUT2D eigenvalue weighted by atomic mass is 19.1. The number of nitrogens with zero attached hydrogens (tertiary/aromatic N) is 1. The van der Waals surface area contributed by atoms with Crippen molar-refractivity contribution >= 4 is 17.3 Å². The smallest absolute Gasteiger partial charge is 0.265 e. The van der Waals surface area contributed by atoms with E-state index >= 15 is 4.39 Å². The van der Waals surface area contributed by atoms with Gasteiger partial charge in [-0.15, -0.1) is 0 Å². The molecule has 3 N–H and O–H groups in total. The zero-order chi connectivity index (χ0) is 32.7. The molecule has 1 aliphatic heterocycles. The van der Waals surface area contributed by atoms with Crippen LogP contribution in [0.1, 0.15) is 68.4 Å². The fourth-order valence-electron chi connectivity index (χ4n) is 8.75. The minimum absolute atomic E-state index is 0.0637. The molecule has 2 heterocycles. The fourth-order valence-corrected chi connectivity index (χ4v) is 8.75. The molecule has 1 saturated heterocycles. The van der Waals surface area contributed by atoms with Crippen molar-refractivity contribution in [1.29, 1.82) is 0 Å². The maximum Gasteiger partial charge on any atom is 0.265 e. The summed E-state index contributed by atoms with van der Waals surface area (Å²) in [5, 5.41) is 31.5. The van der Waals surface area contributed by atoms with Crippen molar-refractivity contribution in [2.24, 2.45) is 17.8 Å². The number of nitrogens with one attached hydrogen (secondary N) is 1. The second-order valence-corrected chi connectivity index (χ2v) is 13.6. The first-order chi connectivity index (χ1) is 23.3. The molecule has 4 aromatic rings. The van der Waals surface area contributed by atoms with Crippen molar-refractivity contribution in [3.63, 3.8) is 0 Å². The van der Waals surface area contributed by atoms with Crippen LogP contribution in [0, 0.1) is 23.6 Å². The third-order valence-corrected chi connectivity index (χ3v) is 11.0. The standard InChI is InChI=1S/C38H33FN2O7/c39-31-24-15-22-13-23-16-26-30(37(41-48-26)47-18-20-9-5-2-6-10-20)36(44)38(23,45)35(43)27(22)33(42)29(24)34(46-17-19-7-3-1-4-8-19)25-14-21-11-12-40-32(21)28(25)31/h1-10,21-23,32,40,42,45H,11-18H2/t21?,22-,23+,32?,38+/m1/s1. The third-order valence-electron chi connectivity index (χ3n) is 11.0. The number of hydrogen-bond donors (Lipinski definition) is 3. The number of Topliss-reactive ketones (excluding diaryl/α,β-unsaturated/α-hetero) is 2. The Morgan fingerprint density at radius 2 is 1.62 bits per heavy atom. The summed E-state index contributed by atoms with van der Waals surface area (Å²) in [6, 6.07) is 18.7. The van der Waals surface area contributed by atoms with Gasteiger partial charge in [-0.3, -0.25) is 9.59 Å². The minimum atomic E-state index is -2.47. The maximum absolute atomic E-state index is 16.7. The predicted octanol–water partition coefficient (Wildman–Crippen LogP) is 5.38. The van der Waals surface area contributed by atoms with Crippen molar-refractivity contribution in [3.05, 3.63) is 117 Å². The molecule has 0 amide bonds. The molecular formula is C38H33FN2O7. The van der Waals surface area contributed by atoms with Crippen molar-refractivity contribution in [1.82, 2.24) is 10.5 Å². The van der Waals surface area contributed by atoms with E-state index < -0.39 is 34.8 Å². The van der Waals surface area contributed by atoms with Crippen LogP contribution in [0.15, 0.2) is 70.8 Å². The van der Waals surface area contributed by atoms with E-state index in [1.807, 2.05) is 60.7 Å². The molecule has 5 atom stereocenters. The second-order valence-electron chi connectivity index (χ2n) is 13.6. The van der Waals surface area contributed by atoms with Gasteiger partial charge in [-0.05, 0) is 60.3 Å². The monoisotopic (exact) mass is 648 g/mol. The lowest BCUT2D eigenvalue weighted by atomic mass is 9.58. The Labute approximate surface area is 275 Å². The number of rotatable bonds is 6. The molecule has 48 heavy (non-hydrogen) atoms. The van der Waals surface area contributed by atoms with Gasteiger partial charge in [0.05, 0.1) is 5.56 Å². The van der Waals surface area contributed by atoms with Crippen molar-refractivity contribution in [2.45, 2.75) is 57.0 Å². The highest BCUT2D eigenvalue weighted by Crippen LogP contribution is 2.56. The Balaban J connectivity index is 1.12. The Kier molecular flexibility index (Phi) is 6.64. The van der Waals surface area contributed by atoms with Gasteiger partial charge in [0, 0.05) is 40.6 Å². The van der Waals surface area contributed by atoms with Gasteiger partial charge in [0.25, 0.3) is 5.88 Å². The molecule has 1 saturated carbocycles. The quantitative estimate of drug-likeness (QED) is 0.236. The largest absolute Gasteiger partial charge is 0.507 e. The van der Waals surface area contributed by atoms with Gasteiger partial charge in [-0.1, -0.05) is 60.7 Å². The molecule has 9 rings (SSSR count). The third kappa shape index (κ3) is 4.18. The average molecular weight is 649 g/mol. The number of ether oxygens (including phenoxy) is 2. The SMILES string of the molecule is O=C1C2=C(O)c3c(c(F)c4c(c3OCc3ccccc3)CC3CCNC43)C[C@H]2C[C@H]2Cc3onc(OCc4ccccc4)c3C(=O)[C@@]12O. The number of carbonyl (C=O) groups is 2. The van der Waals surface area contributed by atoms with E-state index in [4.69, 9.17) is 14.0 Å². The first kappa shape index (κ1) is 29.3. The first-order valence-corrected chi connectivity index (χ1v) is 16.5. The van der Waals surface area contributed by atoms with Gasteiger partial charge >= 0.3 is 0 Å². The number of carbonyl (C=O) groups excluding carboxylic acids is 2. The highest BCUT2D eigenvalue weighted by molar-refractivity contribution is 6.26. The Morgan fingerprint density at radius 1 is 0.917 bits per heavy atom. The number of aliphatic hydroxyl groups is 2. The van der Waals surface area contributed by atoms with Gasteiger partial charge in [-0.25, -0.2) is 4.39 Å². The first-order valence-electron chi connectivity index (χ1n) is 16.5. The number of aromatic nitrogens is 1. The molecule has 0 spiro atoms. The Morgan fingerprint density at radius 3 is 2.35 bits per heavy atom. The zero-order valence-corrected chi connectivity index (χ0v) is 26.0. The summed E-state index contributed by atoms with van der Waals surface area (Å²) in [7, 11) is 0. The van der Waals surface area contributed by atoms with Crippen molar-refractivity contribution < 1.29 is 38.2 Å². The summed E-state index contributed by atoms with van der Waals surface area (Å²) in [5.74, 6) is -3.34. The van der Waals surface area contributed by atoms with E-state index in [0.717, 1.165) is 24.1 Å². The summed E-state index contributed by atoms with van der Waals surface area (Å²) in [6.07, 6.45) is 1.82. The number of fused-ring (bicyclic) bond motifs is 7. The molecule has 2 fully saturated rings. The normalized spacial score (nSPS) is 26.7. The van der Waals surface area contributed by atoms with E-state index in [0.29, 0.717) is 28.9 Å². The van der Waals surface area contributed by atoms with Gasteiger partial charge in [0.2, 0.25) is 11.6 Å². The van der Waals surface area contributed by atoms with Crippen LogP contribution in [0.4, 0.5) is 4.39 Å². The Bertz CT molecular complexity index is 2020. The molecular weight excluding hydrogens is 615 g/mol. The summed E-state index contributed by atoms with van der Waals surface area (Å²) in [5.41, 5.74) is 0.847. The zero-order valence-electron chi connectivity index (χ0n) is 26.0. The highest BCUT2D eigenvalue weighted by Gasteiger charge is 2.62. The van der Waals surface area contributed by atoms with Gasteiger partial charge in [-0.2, -0.15) is 0 Å². The van der Waals surface area contributed by atoms with Crippen LogP contribution in [0.2, 0.25) is 0 Å². The van der Waals surface area contributed by atoms with E-state index in [-0.39, 0.29) is 78.6 Å². The van der Waals surface area contributed by atoms with Crippen LogP contribution in [-0.2, 0) is 37.3 Å². The van der Waals surface area contributed by atoms with Crippen LogP contribution in [0.3, 0.4) is 0 Å². The molecule has 2 unspecified atom stereocenters. The average Bonchev–Trinajstić information content (AvgIpc) is 3.82. The van der Waals surface area contributed by atoms with Gasteiger partial charge < -0.3 is 29.5 Å². The van der Waals surface area contributed by atoms with Gasteiger partial charge in [0.15, 0.2) is 11.4 Å². The lowest BCUT2D eigenvalue weighted by Gasteiger charge is -2.45. The lowest BCUT2D eigenvalue weighted by Crippen LogP contribution is -2.60. The van der Waals surface area contributed by atoms with Gasteiger partial charge in [0.1, 0.15) is 36.1 Å². The molecule has 4 aliphatic carbocycles. The maximum atomic E-state index is 16.7. The number of hydrogen-bond acceptors (Lipinski definition) is 9. The number of benzene rings is 3. The number of halogens is 1. The molecule has 0 bridgehead atoms. The van der Waals surface area contributed by atoms with E-state index in [1.54, 1.807) is 0 Å². The van der Waals surface area contributed by atoms with E-state index in [9.17, 15) is 19.8 Å². The number of aliphatic hydroxyl groups excluding tert-OH is 1. The van der Waals surface area contributed by atoms with Crippen LogP contribution < -0.4 is 14.8 Å². The molecule has 3 aromatic carbocycles. The molecule has 10 heteroatoms. The van der Waals surface area contributed by atoms with Crippen molar-refractivity contribution in [3.8, 4) is 11.6 Å². The molecule has 244 valence electrons. The van der Waals surface area contributed by atoms with Crippen LogP contribution in [0.5, 0.6) is 11.6 Å². The molecule has 0 radical (unpaired) electrons. The predicted molar refractivity (Wildman–Crippen MR) is 170 cm³/mol. The van der Waals surface area contributed by atoms with Crippen molar-refractivity contribution in [2.75, 3.05) is 6.54 Å². The van der Waals surface area contributed by atoms with E-state index in [2.05, 4.69) is 10.5 Å². The van der Waals surface area contributed by atoms with Crippen LogP contribution in [-0.4, -0.2) is 39.1 Å². The second kappa shape index (κ2) is 10.9. The summed E-state index contributed by atoms with van der Waals surface area (Å²) in [6.45, 7) is 1.09. The molecule has 1 aromatic heterocycles. The van der Waals surface area contributed by atoms with Crippen LogP contribution >= 0.6 is 0 Å². The lowest BCUT2D eigenvalue weighted by molar-refractivity contribution is -0.138. The van der Waals surface area contributed by atoms with E-state index in [1.165, 1.54) is 0 Å². The summed E-state index contributed by atoms with van der Waals surface area (Å²) < 4.78 is 34.5. The Hall–Kier alpha value is -4.80. The minimum Gasteiger partial charge on any atom is -0.507 e. The molecule has 9 nitrogen and oxygen atoms in total. The summed E-state index contributed by atoms with van der Waals surface area (Å²) in [4.78, 5) is 28.5. The van der Waals surface area contributed by atoms with Crippen LogP contribution in [0.25, 0.3) is 5.76 Å². The number of ketones is 2. The summed E-state index contributed by atoms with van der Waals surface area (Å²) >= 11 is 0.